The fraction of sp³-hybridized carbons (Fsp3) is 0.308. The Morgan fingerprint density at radius 3 is 2.72 bits per heavy atom. The molecule has 1 aromatic carbocycles. The van der Waals surface area contributed by atoms with Crippen molar-refractivity contribution in [3.63, 3.8) is 0 Å². The van der Waals surface area contributed by atoms with Crippen LogP contribution in [0.4, 0.5) is 0 Å². The summed E-state index contributed by atoms with van der Waals surface area (Å²) in [6.07, 6.45) is 1.53. The van der Waals surface area contributed by atoms with Crippen LogP contribution in [0.25, 0.3) is 10.9 Å². The lowest BCUT2D eigenvalue weighted by atomic mass is 10.2. The summed E-state index contributed by atoms with van der Waals surface area (Å²) >= 11 is 5.69. The summed E-state index contributed by atoms with van der Waals surface area (Å²) in [5, 5.41) is 0.668. The number of halogens is 1. The molecule has 0 N–H and O–H groups in total. The topological polar surface area (TPSA) is 47.0 Å². The normalized spacial score (nSPS) is 13.7. The highest BCUT2D eigenvalue weighted by Gasteiger charge is 2.20. The van der Waals surface area contributed by atoms with Gasteiger partial charge in [0.25, 0.3) is 0 Å². The maximum atomic E-state index is 12.3. The number of aromatic nitrogens is 1. The maximum Gasteiger partial charge on any atom is 0.179 e. The molecule has 1 unspecified atom stereocenters. The van der Waals surface area contributed by atoms with Gasteiger partial charge < -0.3 is 0 Å². The van der Waals surface area contributed by atoms with Crippen molar-refractivity contribution >= 4 is 32.3 Å². The van der Waals surface area contributed by atoms with Crippen LogP contribution in [0.15, 0.2) is 41.4 Å². The number of rotatable bonds is 4. The van der Waals surface area contributed by atoms with E-state index in [1.54, 1.807) is 18.2 Å². The number of para-hydroxylation sites is 1. The standard InChI is InChI=1S/C13H14ClNO2S/c1-10(8-14)9-18(16,17)13-6-7-15-12-5-3-2-4-11(12)13/h2-7,10H,8-9H2,1H3. The smallest absolute Gasteiger partial charge is 0.179 e. The van der Waals surface area contributed by atoms with Gasteiger partial charge in [-0.05, 0) is 18.1 Å². The minimum absolute atomic E-state index is 0.0600. The number of hydrogen-bond acceptors (Lipinski definition) is 3. The van der Waals surface area contributed by atoms with E-state index in [-0.39, 0.29) is 11.7 Å². The molecule has 2 rings (SSSR count). The highest BCUT2D eigenvalue weighted by Crippen LogP contribution is 2.23. The first-order valence-corrected chi connectivity index (χ1v) is 7.86. The van der Waals surface area contributed by atoms with E-state index in [1.807, 2.05) is 19.1 Å². The number of hydrogen-bond donors (Lipinski definition) is 0. The van der Waals surface area contributed by atoms with Gasteiger partial charge in [-0.25, -0.2) is 8.42 Å². The monoisotopic (exact) mass is 283 g/mol. The summed E-state index contributed by atoms with van der Waals surface area (Å²) in [6.45, 7) is 1.83. The Labute approximate surface area is 112 Å². The Hall–Kier alpha value is -1.13. The molecule has 0 bridgehead atoms. The van der Waals surface area contributed by atoms with E-state index < -0.39 is 9.84 Å². The lowest BCUT2D eigenvalue weighted by Gasteiger charge is -2.10. The Morgan fingerprint density at radius 2 is 2.00 bits per heavy atom. The van der Waals surface area contributed by atoms with Gasteiger partial charge in [-0.2, -0.15) is 0 Å². The highest BCUT2D eigenvalue weighted by molar-refractivity contribution is 7.91. The van der Waals surface area contributed by atoms with Crippen LogP contribution in [-0.4, -0.2) is 25.0 Å². The minimum atomic E-state index is -3.32. The van der Waals surface area contributed by atoms with Gasteiger partial charge in [0.1, 0.15) is 0 Å². The molecule has 2 aromatic rings. The van der Waals surface area contributed by atoms with E-state index >= 15 is 0 Å². The van der Waals surface area contributed by atoms with Crippen LogP contribution in [0.3, 0.4) is 0 Å². The van der Waals surface area contributed by atoms with Crippen LogP contribution in [0.2, 0.25) is 0 Å². The second kappa shape index (κ2) is 5.24. The van der Waals surface area contributed by atoms with E-state index in [1.165, 1.54) is 6.20 Å². The van der Waals surface area contributed by atoms with E-state index in [4.69, 9.17) is 11.6 Å². The molecule has 0 fully saturated rings. The molecule has 0 radical (unpaired) electrons. The van der Waals surface area contributed by atoms with Gasteiger partial charge in [-0.1, -0.05) is 25.1 Å². The van der Waals surface area contributed by atoms with Crippen LogP contribution in [-0.2, 0) is 9.84 Å². The maximum absolute atomic E-state index is 12.3. The molecule has 0 aliphatic rings. The van der Waals surface area contributed by atoms with E-state index in [2.05, 4.69) is 4.98 Å². The summed E-state index contributed by atoms with van der Waals surface area (Å²) in [4.78, 5) is 4.50. The summed E-state index contributed by atoms with van der Waals surface area (Å²) in [5.41, 5.74) is 0.692. The molecule has 1 heterocycles. The minimum Gasteiger partial charge on any atom is -0.256 e. The van der Waals surface area contributed by atoms with Gasteiger partial charge in [0.2, 0.25) is 0 Å². The van der Waals surface area contributed by atoms with Crippen molar-refractivity contribution in [1.29, 1.82) is 0 Å². The zero-order valence-electron chi connectivity index (χ0n) is 10.0. The van der Waals surface area contributed by atoms with Crippen molar-refractivity contribution in [1.82, 2.24) is 4.98 Å². The number of nitrogens with zero attached hydrogens (tertiary/aromatic N) is 1. The largest absolute Gasteiger partial charge is 0.256 e. The molecule has 0 saturated carbocycles. The Balaban J connectivity index is 2.54. The quantitative estimate of drug-likeness (QED) is 0.811. The van der Waals surface area contributed by atoms with Gasteiger partial charge in [0.05, 0.1) is 16.2 Å². The molecule has 5 heteroatoms. The van der Waals surface area contributed by atoms with Crippen molar-refractivity contribution in [3.8, 4) is 0 Å². The first kappa shape index (κ1) is 13.3. The summed E-state index contributed by atoms with van der Waals surface area (Å²) in [6, 6.07) is 8.79. The van der Waals surface area contributed by atoms with Crippen LogP contribution < -0.4 is 0 Å². The van der Waals surface area contributed by atoms with Crippen LogP contribution in [0.5, 0.6) is 0 Å². The average Bonchev–Trinajstić information content (AvgIpc) is 2.37. The van der Waals surface area contributed by atoms with E-state index in [0.717, 1.165) is 0 Å². The fourth-order valence-corrected chi connectivity index (χ4v) is 3.91. The number of sulfone groups is 1. The molecule has 1 aromatic heterocycles. The first-order valence-electron chi connectivity index (χ1n) is 5.67. The Bertz CT molecular complexity index is 650. The molecule has 0 spiro atoms. The molecular formula is C13H14ClNO2S. The zero-order chi connectivity index (χ0) is 13.2. The second-order valence-corrected chi connectivity index (χ2v) is 6.68. The van der Waals surface area contributed by atoms with Crippen molar-refractivity contribution in [2.24, 2.45) is 5.92 Å². The zero-order valence-corrected chi connectivity index (χ0v) is 11.6. The summed E-state index contributed by atoms with van der Waals surface area (Å²) in [7, 11) is -3.32. The lowest BCUT2D eigenvalue weighted by molar-refractivity contribution is 0.584. The third kappa shape index (κ3) is 2.65. The predicted molar refractivity (Wildman–Crippen MR) is 73.7 cm³/mol. The van der Waals surface area contributed by atoms with Gasteiger partial charge in [-0.3, -0.25) is 4.98 Å². The molecule has 0 saturated heterocycles. The van der Waals surface area contributed by atoms with Crippen molar-refractivity contribution in [3.05, 3.63) is 36.5 Å². The third-order valence-corrected chi connectivity index (χ3v) is 5.27. The van der Waals surface area contributed by atoms with Gasteiger partial charge >= 0.3 is 0 Å². The Kier molecular flexibility index (Phi) is 3.88. The van der Waals surface area contributed by atoms with Crippen LogP contribution in [0, 0.1) is 5.92 Å². The molecule has 96 valence electrons. The van der Waals surface area contributed by atoms with Gasteiger partial charge in [-0.15, -0.1) is 11.6 Å². The summed E-state index contributed by atoms with van der Waals surface area (Å²) < 4.78 is 24.7. The molecule has 1 atom stereocenters. The van der Waals surface area contributed by atoms with Gasteiger partial charge in [0, 0.05) is 17.5 Å². The summed E-state index contributed by atoms with van der Waals surface area (Å²) in [5.74, 6) is 0.329. The molecule has 18 heavy (non-hydrogen) atoms. The van der Waals surface area contributed by atoms with Crippen molar-refractivity contribution in [2.75, 3.05) is 11.6 Å². The first-order chi connectivity index (χ1) is 8.54. The van der Waals surface area contributed by atoms with Gasteiger partial charge in [0.15, 0.2) is 9.84 Å². The molecule has 0 aliphatic heterocycles. The van der Waals surface area contributed by atoms with Crippen LogP contribution >= 0.6 is 11.6 Å². The third-order valence-electron chi connectivity index (χ3n) is 2.71. The Morgan fingerprint density at radius 1 is 1.28 bits per heavy atom. The number of fused-ring (bicyclic) bond motifs is 1. The second-order valence-electron chi connectivity index (χ2n) is 4.37. The predicted octanol–water partition coefficient (Wildman–Crippen LogP) is 2.88. The fourth-order valence-electron chi connectivity index (χ4n) is 1.85. The van der Waals surface area contributed by atoms with Crippen molar-refractivity contribution in [2.45, 2.75) is 11.8 Å². The van der Waals surface area contributed by atoms with Crippen LogP contribution in [0.1, 0.15) is 6.92 Å². The molecule has 0 amide bonds. The van der Waals surface area contributed by atoms with E-state index in [0.29, 0.717) is 21.7 Å². The number of alkyl halides is 1. The molecule has 0 aliphatic carbocycles. The lowest BCUT2D eigenvalue weighted by Crippen LogP contribution is -2.15. The highest BCUT2D eigenvalue weighted by atomic mass is 35.5. The van der Waals surface area contributed by atoms with E-state index in [9.17, 15) is 8.42 Å². The average molecular weight is 284 g/mol. The molecule has 3 nitrogen and oxygen atoms in total. The SMILES string of the molecule is CC(CCl)CS(=O)(=O)c1ccnc2ccccc12. The number of pyridine rings is 1. The molecular weight excluding hydrogens is 270 g/mol. The van der Waals surface area contributed by atoms with Crippen molar-refractivity contribution < 1.29 is 8.42 Å². The number of benzene rings is 1.